The van der Waals surface area contributed by atoms with Gasteiger partial charge in [-0.25, -0.2) is 4.99 Å². The number of nitrogens with one attached hydrogen (secondary N) is 1. The Kier molecular flexibility index (Phi) is 4.03. The number of pyridine rings is 1. The molecule has 1 saturated heterocycles. The number of hydrogen-bond donors (Lipinski definition) is 1. The fraction of sp³-hybridized carbons (Fsp3) is 0. The number of nitrogens with zero attached hydrogens (tertiary/aromatic N) is 2. The van der Waals surface area contributed by atoms with E-state index in [-0.39, 0.29) is 5.91 Å². The SMILES string of the molecule is O=C1NC(=Nc2cccnc2)SC1=Cc1ccccc1Cl. The Morgan fingerprint density at radius 1 is 1.24 bits per heavy atom. The lowest BCUT2D eigenvalue weighted by Gasteiger charge is -1.97. The fourth-order valence-corrected chi connectivity index (χ4v) is 2.77. The third-order valence-corrected chi connectivity index (χ3v) is 3.97. The zero-order chi connectivity index (χ0) is 14.7. The fourth-order valence-electron chi connectivity index (χ4n) is 1.75. The number of carbonyl (C=O) groups is 1. The highest BCUT2D eigenvalue weighted by molar-refractivity contribution is 8.18. The van der Waals surface area contributed by atoms with E-state index in [1.54, 1.807) is 30.6 Å². The van der Waals surface area contributed by atoms with Crippen LogP contribution in [0.4, 0.5) is 5.69 Å². The predicted octanol–water partition coefficient (Wildman–Crippen LogP) is 3.63. The number of benzene rings is 1. The maximum Gasteiger partial charge on any atom is 0.264 e. The largest absolute Gasteiger partial charge is 0.300 e. The van der Waals surface area contributed by atoms with E-state index in [9.17, 15) is 4.79 Å². The van der Waals surface area contributed by atoms with Crippen molar-refractivity contribution in [2.24, 2.45) is 4.99 Å². The van der Waals surface area contributed by atoms with Gasteiger partial charge in [-0.15, -0.1) is 0 Å². The van der Waals surface area contributed by atoms with Crippen LogP contribution in [0, 0.1) is 0 Å². The molecule has 0 aliphatic carbocycles. The first-order chi connectivity index (χ1) is 10.2. The van der Waals surface area contributed by atoms with Crippen LogP contribution in [0.1, 0.15) is 5.56 Å². The number of hydrogen-bond acceptors (Lipinski definition) is 4. The molecular weight excluding hydrogens is 306 g/mol. The predicted molar refractivity (Wildman–Crippen MR) is 86.5 cm³/mol. The highest BCUT2D eigenvalue weighted by atomic mass is 35.5. The van der Waals surface area contributed by atoms with Gasteiger partial charge < -0.3 is 5.32 Å². The molecule has 2 heterocycles. The van der Waals surface area contributed by atoms with Gasteiger partial charge in [-0.2, -0.15) is 0 Å². The van der Waals surface area contributed by atoms with Gasteiger partial charge in [0.25, 0.3) is 5.91 Å². The molecule has 1 aliphatic rings. The lowest BCUT2D eigenvalue weighted by molar-refractivity contribution is -0.115. The van der Waals surface area contributed by atoms with Gasteiger partial charge in [-0.1, -0.05) is 29.8 Å². The Morgan fingerprint density at radius 2 is 2.10 bits per heavy atom. The molecule has 1 aliphatic heterocycles. The van der Waals surface area contributed by atoms with Gasteiger partial charge in [0.15, 0.2) is 5.17 Å². The van der Waals surface area contributed by atoms with Gasteiger partial charge in [0.1, 0.15) is 0 Å². The average molecular weight is 316 g/mol. The summed E-state index contributed by atoms with van der Waals surface area (Å²) in [5.41, 5.74) is 1.50. The summed E-state index contributed by atoms with van der Waals surface area (Å²) >= 11 is 7.37. The van der Waals surface area contributed by atoms with E-state index in [1.807, 2.05) is 24.3 Å². The third kappa shape index (κ3) is 3.32. The van der Waals surface area contributed by atoms with Gasteiger partial charge >= 0.3 is 0 Å². The molecule has 6 heteroatoms. The molecule has 3 rings (SSSR count). The lowest BCUT2D eigenvalue weighted by atomic mass is 10.2. The first-order valence-electron chi connectivity index (χ1n) is 6.16. The van der Waals surface area contributed by atoms with E-state index >= 15 is 0 Å². The summed E-state index contributed by atoms with van der Waals surface area (Å²) in [6.45, 7) is 0. The summed E-state index contributed by atoms with van der Waals surface area (Å²) in [6.07, 6.45) is 5.07. The Morgan fingerprint density at radius 3 is 2.86 bits per heavy atom. The van der Waals surface area contributed by atoms with Crippen molar-refractivity contribution in [2.75, 3.05) is 0 Å². The van der Waals surface area contributed by atoms with Gasteiger partial charge in [0.2, 0.25) is 0 Å². The van der Waals surface area contributed by atoms with Crippen LogP contribution in [0.2, 0.25) is 5.02 Å². The normalized spacial score (nSPS) is 18.2. The van der Waals surface area contributed by atoms with E-state index in [2.05, 4.69) is 15.3 Å². The molecule has 4 nitrogen and oxygen atoms in total. The van der Waals surface area contributed by atoms with Gasteiger partial charge in [-0.05, 0) is 41.6 Å². The van der Waals surface area contributed by atoms with Crippen LogP contribution in [0.5, 0.6) is 0 Å². The summed E-state index contributed by atoms with van der Waals surface area (Å²) < 4.78 is 0. The first kappa shape index (κ1) is 13.9. The van der Waals surface area contributed by atoms with Crippen molar-refractivity contribution in [2.45, 2.75) is 0 Å². The smallest absolute Gasteiger partial charge is 0.264 e. The molecule has 0 saturated carbocycles. The zero-order valence-electron chi connectivity index (χ0n) is 10.8. The Labute approximate surface area is 131 Å². The second-order valence-corrected chi connectivity index (χ2v) is 5.65. The van der Waals surface area contributed by atoms with E-state index < -0.39 is 0 Å². The van der Waals surface area contributed by atoms with Crippen LogP contribution < -0.4 is 5.32 Å². The number of aliphatic imine (C=N–C) groups is 1. The van der Waals surface area contributed by atoms with Crippen LogP contribution in [0.15, 0.2) is 58.7 Å². The molecular formula is C15H10ClN3OS. The second-order valence-electron chi connectivity index (χ2n) is 4.21. The maximum absolute atomic E-state index is 12.0. The quantitative estimate of drug-likeness (QED) is 0.861. The molecule has 21 heavy (non-hydrogen) atoms. The molecule has 0 spiro atoms. The summed E-state index contributed by atoms with van der Waals surface area (Å²) in [7, 11) is 0. The monoisotopic (exact) mass is 315 g/mol. The lowest BCUT2D eigenvalue weighted by Crippen LogP contribution is -2.19. The van der Waals surface area contributed by atoms with Crippen LogP contribution in [0.25, 0.3) is 6.08 Å². The number of carbonyl (C=O) groups excluding carboxylic acids is 1. The highest BCUT2D eigenvalue weighted by Gasteiger charge is 2.23. The Balaban J connectivity index is 1.86. The molecule has 0 bridgehead atoms. The van der Waals surface area contributed by atoms with Crippen molar-refractivity contribution in [3.63, 3.8) is 0 Å². The number of halogens is 1. The topological polar surface area (TPSA) is 54.4 Å². The molecule has 104 valence electrons. The van der Waals surface area contributed by atoms with Crippen LogP contribution in [-0.2, 0) is 4.79 Å². The first-order valence-corrected chi connectivity index (χ1v) is 7.36. The molecule has 2 aromatic rings. The van der Waals surface area contributed by atoms with E-state index in [4.69, 9.17) is 11.6 Å². The third-order valence-electron chi connectivity index (χ3n) is 2.72. The molecule has 0 atom stereocenters. The van der Waals surface area contributed by atoms with Gasteiger partial charge in [0.05, 0.1) is 16.8 Å². The van der Waals surface area contributed by atoms with Crippen molar-refractivity contribution in [1.29, 1.82) is 0 Å². The minimum atomic E-state index is -0.178. The number of rotatable bonds is 2. The van der Waals surface area contributed by atoms with Crippen molar-refractivity contribution in [1.82, 2.24) is 10.3 Å². The average Bonchev–Trinajstić information content (AvgIpc) is 2.82. The number of aromatic nitrogens is 1. The standard InChI is InChI=1S/C15H10ClN3OS/c16-12-6-2-1-4-10(12)8-13-14(20)19-15(21-13)18-11-5-3-7-17-9-11/h1-9H,(H,18,19,20). The van der Waals surface area contributed by atoms with E-state index in [0.29, 0.717) is 20.8 Å². The number of amides is 1. The van der Waals surface area contributed by atoms with Gasteiger partial charge in [0, 0.05) is 11.2 Å². The second kappa shape index (κ2) is 6.11. The number of thioether (sulfide) groups is 1. The Hall–Kier alpha value is -2.11. The molecule has 0 unspecified atom stereocenters. The zero-order valence-corrected chi connectivity index (χ0v) is 12.4. The molecule has 1 aromatic carbocycles. The van der Waals surface area contributed by atoms with Crippen LogP contribution in [0.3, 0.4) is 0 Å². The minimum absolute atomic E-state index is 0.178. The van der Waals surface area contributed by atoms with E-state index in [1.165, 1.54) is 11.8 Å². The van der Waals surface area contributed by atoms with Crippen LogP contribution >= 0.6 is 23.4 Å². The summed E-state index contributed by atoms with van der Waals surface area (Å²) in [6, 6.07) is 11.0. The van der Waals surface area contributed by atoms with E-state index in [0.717, 1.165) is 5.56 Å². The highest BCUT2D eigenvalue weighted by Crippen LogP contribution is 2.29. The van der Waals surface area contributed by atoms with Crippen LogP contribution in [-0.4, -0.2) is 16.1 Å². The number of amidine groups is 1. The summed E-state index contributed by atoms with van der Waals surface area (Å²) in [4.78, 5) is 20.8. The van der Waals surface area contributed by atoms with Crippen molar-refractivity contribution in [3.05, 3.63) is 64.3 Å². The minimum Gasteiger partial charge on any atom is -0.300 e. The molecule has 0 radical (unpaired) electrons. The van der Waals surface area contributed by atoms with Gasteiger partial charge in [-0.3, -0.25) is 9.78 Å². The molecule has 1 N–H and O–H groups in total. The molecule has 1 amide bonds. The molecule has 1 aromatic heterocycles. The maximum atomic E-state index is 12.0. The van der Waals surface area contributed by atoms with Crippen molar-refractivity contribution < 1.29 is 4.79 Å². The van der Waals surface area contributed by atoms with Crippen molar-refractivity contribution in [3.8, 4) is 0 Å². The summed E-state index contributed by atoms with van der Waals surface area (Å²) in [5, 5.41) is 3.87. The molecule has 1 fully saturated rings. The summed E-state index contributed by atoms with van der Waals surface area (Å²) in [5.74, 6) is -0.178. The Bertz CT molecular complexity index is 744. The van der Waals surface area contributed by atoms with Crippen molar-refractivity contribution >= 4 is 46.2 Å².